The number of rotatable bonds is 1. The average Bonchev–Trinajstić information content (AvgIpc) is 2.57. The van der Waals surface area contributed by atoms with Crippen molar-refractivity contribution in [2.75, 3.05) is 6.61 Å². The van der Waals surface area contributed by atoms with E-state index in [-0.39, 0.29) is 12.1 Å². The van der Waals surface area contributed by atoms with Gasteiger partial charge in [-0.3, -0.25) is 0 Å². The van der Waals surface area contributed by atoms with Crippen molar-refractivity contribution < 1.29 is 9.53 Å². The van der Waals surface area contributed by atoms with E-state index < -0.39 is 0 Å². The molecular weight excluding hydrogens is 314 g/mol. The maximum Gasteiger partial charge on any atom is 0.407 e. The number of nitrogens with one attached hydrogen (secondary N) is 1. The van der Waals surface area contributed by atoms with Crippen LogP contribution in [0.25, 0.3) is 0 Å². The van der Waals surface area contributed by atoms with Crippen molar-refractivity contribution >= 4 is 38.0 Å². The molecule has 2 rings (SSSR count). The summed E-state index contributed by atoms with van der Waals surface area (Å²) in [5.41, 5.74) is 1.03. The Morgan fingerprint density at radius 1 is 1.36 bits per heavy atom. The van der Waals surface area contributed by atoms with Crippen LogP contribution in [0.15, 0.2) is 27.1 Å². The van der Waals surface area contributed by atoms with Crippen LogP contribution >= 0.6 is 31.9 Å². The van der Waals surface area contributed by atoms with Gasteiger partial charge in [0.1, 0.15) is 6.61 Å². The fraction of sp³-hybridized carbons (Fsp3) is 0.222. The normalized spacial score (nSPS) is 20.4. The molecule has 5 heteroatoms. The molecule has 0 radical (unpaired) electrons. The molecular formula is C9H7Br2NO2. The summed E-state index contributed by atoms with van der Waals surface area (Å²) < 4.78 is 6.77. The molecule has 1 aromatic rings. The molecule has 1 aliphatic rings. The highest BCUT2D eigenvalue weighted by molar-refractivity contribution is 9.13. The molecule has 0 spiro atoms. The van der Waals surface area contributed by atoms with Crippen LogP contribution in [0.1, 0.15) is 11.6 Å². The Bertz CT molecular complexity index is 381. The maximum absolute atomic E-state index is 10.8. The number of ether oxygens (including phenoxy) is 1. The summed E-state index contributed by atoms with van der Waals surface area (Å²) in [7, 11) is 0. The van der Waals surface area contributed by atoms with E-state index in [1.165, 1.54) is 0 Å². The summed E-state index contributed by atoms with van der Waals surface area (Å²) in [6, 6.07) is 5.81. The first-order valence-corrected chi connectivity index (χ1v) is 5.63. The van der Waals surface area contributed by atoms with Crippen molar-refractivity contribution in [3.63, 3.8) is 0 Å². The summed E-state index contributed by atoms with van der Waals surface area (Å²) in [6.45, 7) is 0.396. The lowest BCUT2D eigenvalue weighted by atomic mass is 10.1. The molecule has 1 amide bonds. The largest absolute Gasteiger partial charge is 0.447 e. The molecule has 0 unspecified atom stereocenters. The fourth-order valence-corrected chi connectivity index (χ4v) is 1.94. The van der Waals surface area contributed by atoms with E-state index >= 15 is 0 Å². The lowest BCUT2D eigenvalue weighted by Gasteiger charge is -2.08. The van der Waals surface area contributed by atoms with Gasteiger partial charge >= 0.3 is 6.09 Å². The van der Waals surface area contributed by atoms with Gasteiger partial charge < -0.3 is 10.1 Å². The first kappa shape index (κ1) is 9.98. The third kappa shape index (κ3) is 1.93. The maximum atomic E-state index is 10.8. The molecule has 1 aliphatic heterocycles. The molecule has 0 aliphatic carbocycles. The molecule has 3 nitrogen and oxygen atoms in total. The average molecular weight is 321 g/mol. The number of carbonyl (C=O) groups is 1. The summed E-state index contributed by atoms with van der Waals surface area (Å²) in [5.74, 6) is 0. The Labute approximate surface area is 98.1 Å². The van der Waals surface area contributed by atoms with Gasteiger partial charge in [0.05, 0.1) is 6.04 Å². The molecule has 1 saturated heterocycles. The minimum atomic E-state index is -0.353. The van der Waals surface area contributed by atoms with Crippen molar-refractivity contribution in [3.8, 4) is 0 Å². The number of cyclic esters (lactones) is 1. The summed E-state index contributed by atoms with van der Waals surface area (Å²) >= 11 is 6.79. The minimum Gasteiger partial charge on any atom is -0.447 e. The van der Waals surface area contributed by atoms with Gasteiger partial charge in [-0.2, -0.15) is 0 Å². The number of hydrogen-bond acceptors (Lipinski definition) is 2. The Balaban J connectivity index is 2.24. The van der Waals surface area contributed by atoms with Crippen molar-refractivity contribution in [2.24, 2.45) is 0 Å². The second-order valence-corrected chi connectivity index (χ2v) is 4.68. The van der Waals surface area contributed by atoms with Crippen LogP contribution in [0.3, 0.4) is 0 Å². The lowest BCUT2D eigenvalue weighted by Crippen LogP contribution is -2.18. The molecule has 0 aromatic heterocycles. The van der Waals surface area contributed by atoms with Gasteiger partial charge in [-0.05, 0) is 49.6 Å². The first-order valence-electron chi connectivity index (χ1n) is 4.05. The van der Waals surface area contributed by atoms with E-state index in [0.29, 0.717) is 6.61 Å². The van der Waals surface area contributed by atoms with Gasteiger partial charge in [0.15, 0.2) is 0 Å². The fourth-order valence-electron chi connectivity index (χ4n) is 1.29. The summed E-state index contributed by atoms with van der Waals surface area (Å²) in [5, 5.41) is 2.72. The van der Waals surface area contributed by atoms with Gasteiger partial charge in [-0.25, -0.2) is 4.79 Å². The second kappa shape index (κ2) is 3.90. The molecule has 1 heterocycles. The van der Waals surface area contributed by atoms with E-state index in [1.807, 2.05) is 18.2 Å². The van der Waals surface area contributed by atoms with E-state index in [1.54, 1.807) is 0 Å². The Hall–Kier alpha value is -0.550. The Morgan fingerprint density at radius 2 is 2.14 bits per heavy atom. The van der Waals surface area contributed by atoms with Crippen LogP contribution in [0.5, 0.6) is 0 Å². The van der Waals surface area contributed by atoms with Crippen LogP contribution in [0.4, 0.5) is 4.79 Å². The Morgan fingerprint density at radius 3 is 2.71 bits per heavy atom. The van der Waals surface area contributed by atoms with E-state index in [0.717, 1.165) is 14.5 Å². The molecule has 74 valence electrons. The van der Waals surface area contributed by atoms with Crippen LogP contribution in [-0.4, -0.2) is 12.7 Å². The highest BCUT2D eigenvalue weighted by Crippen LogP contribution is 2.27. The smallest absolute Gasteiger partial charge is 0.407 e. The predicted octanol–water partition coefficient (Wildman–Crippen LogP) is 2.99. The van der Waals surface area contributed by atoms with Crippen LogP contribution in [-0.2, 0) is 4.74 Å². The van der Waals surface area contributed by atoms with Gasteiger partial charge in [-0.15, -0.1) is 0 Å². The highest BCUT2D eigenvalue weighted by atomic mass is 79.9. The minimum absolute atomic E-state index is 0.0353. The van der Waals surface area contributed by atoms with Crippen LogP contribution in [0.2, 0.25) is 0 Å². The summed E-state index contributed by atoms with van der Waals surface area (Å²) in [6.07, 6.45) is -0.353. The van der Waals surface area contributed by atoms with Crippen LogP contribution in [0, 0.1) is 0 Å². The van der Waals surface area contributed by atoms with Crippen molar-refractivity contribution in [1.29, 1.82) is 0 Å². The molecule has 14 heavy (non-hydrogen) atoms. The highest BCUT2D eigenvalue weighted by Gasteiger charge is 2.23. The predicted molar refractivity (Wildman–Crippen MR) is 59.1 cm³/mol. The standard InChI is InChI=1S/C9H7Br2NO2/c10-6-2-1-5(3-7(6)11)8-4-14-9(13)12-8/h1-3,8H,4H2,(H,12,13)/t8-/m1/s1. The van der Waals surface area contributed by atoms with Crippen molar-refractivity contribution in [1.82, 2.24) is 5.32 Å². The summed E-state index contributed by atoms with van der Waals surface area (Å²) in [4.78, 5) is 10.8. The van der Waals surface area contributed by atoms with Gasteiger partial charge in [0.25, 0.3) is 0 Å². The third-order valence-corrected chi connectivity index (χ3v) is 3.90. The van der Waals surface area contributed by atoms with Gasteiger partial charge in [-0.1, -0.05) is 6.07 Å². The SMILES string of the molecule is O=C1N[C@@H](c2ccc(Br)c(Br)c2)CO1. The Kier molecular flexibility index (Phi) is 2.78. The molecule has 1 aromatic carbocycles. The zero-order valence-electron chi connectivity index (χ0n) is 7.09. The number of amides is 1. The van der Waals surface area contributed by atoms with E-state index in [2.05, 4.69) is 37.2 Å². The topological polar surface area (TPSA) is 38.3 Å². The van der Waals surface area contributed by atoms with Gasteiger partial charge in [0.2, 0.25) is 0 Å². The monoisotopic (exact) mass is 319 g/mol. The number of halogens is 2. The second-order valence-electron chi connectivity index (χ2n) is 2.97. The van der Waals surface area contributed by atoms with Crippen molar-refractivity contribution in [2.45, 2.75) is 6.04 Å². The molecule has 1 fully saturated rings. The quantitative estimate of drug-likeness (QED) is 0.864. The van der Waals surface area contributed by atoms with E-state index in [9.17, 15) is 4.79 Å². The molecule has 0 saturated carbocycles. The van der Waals surface area contributed by atoms with Crippen molar-refractivity contribution in [3.05, 3.63) is 32.7 Å². The molecule has 0 bridgehead atoms. The third-order valence-electron chi connectivity index (χ3n) is 2.02. The zero-order chi connectivity index (χ0) is 10.1. The van der Waals surface area contributed by atoms with Crippen LogP contribution < -0.4 is 5.32 Å². The molecule has 1 N–H and O–H groups in total. The van der Waals surface area contributed by atoms with E-state index in [4.69, 9.17) is 4.74 Å². The number of hydrogen-bond donors (Lipinski definition) is 1. The molecule has 1 atom stereocenters. The first-order chi connectivity index (χ1) is 6.66. The number of alkyl carbamates (subject to hydrolysis) is 1. The number of carbonyl (C=O) groups excluding carboxylic acids is 1. The zero-order valence-corrected chi connectivity index (χ0v) is 10.3. The van der Waals surface area contributed by atoms with Gasteiger partial charge in [0, 0.05) is 8.95 Å². The lowest BCUT2D eigenvalue weighted by molar-refractivity contribution is 0.177. The number of benzene rings is 1.